The zero-order chi connectivity index (χ0) is 16.2. The minimum atomic E-state index is -4.68. The average Bonchev–Trinajstić information content (AvgIpc) is 2.50. The molecule has 1 aromatic rings. The van der Waals surface area contributed by atoms with Crippen LogP contribution in [0, 0.1) is 5.82 Å². The summed E-state index contributed by atoms with van der Waals surface area (Å²) in [4.78, 5) is 0. The minimum absolute atomic E-state index is 0.414. The van der Waals surface area contributed by atoms with Gasteiger partial charge in [0.25, 0.3) is 0 Å². The van der Waals surface area contributed by atoms with Crippen LogP contribution in [0.5, 0.6) is 0 Å². The lowest BCUT2D eigenvalue weighted by Crippen LogP contribution is -2.41. The van der Waals surface area contributed by atoms with E-state index in [-0.39, 0.29) is 0 Å². The number of hydrogen-bond acceptors (Lipinski definition) is 2. The average molecular weight is 325 g/mol. The van der Waals surface area contributed by atoms with Crippen molar-refractivity contribution in [1.29, 1.82) is 0 Å². The fraction of sp³-hybridized carbons (Fsp3) is 0.538. The molecule has 2 rings (SSSR count). The quantitative estimate of drug-likeness (QED) is 0.578. The van der Waals surface area contributed by atoms with Gasteiger partial charge in [-0.25, -0.2) is 4.39 Å². The van der Waals surface area contributed by atoms with E-state index < -0.39 is 46.4 Å². The number of alkyl halides is 3. The van der Waals surface area contributed by atoms with Crippen molar-refractivity contribution >= 4 is 24.2 Å². The lowest BCUT2D eigenvalue weighted by atomic mass is 9.75. The van der Waals surface area contributed by atoms with Gasteiger partial charge >= 0.3 is 13.3 Å². The van der Waals surface area contributed by atoms with Gasteiger partial charge in [0.1, 0.15) is 5.82 Å². The Bertz CT molecular complexity index is 556. The van der Waals surface area contributed by atoms with E-state index in [0.29, 0.717) is 12.1 Å². The minimum Gasteiger partial charge on any atom is -0.399 e. The third kappa shape index (κ3) is 2.91. The first-order valence-electron chi connectivity index (χ1n) is 6.27. The van der Waals surface area contributed by atoms with Crippen molar-refractivity contribution in [2.75, 3.05) is 0 Å². The van der Waals surface area contributed by atoms with Gasteiger partial charge in [0.05, 0.1) is 21.8 Å². The lowest BCUT2D eigenvalue weighted by Gasteiger charge is -2.32. The normalized spacial score (nSPS) is 20.9. The van der Waals surface area contributed by atoms with Crippen molar-refractivity contribution in [2.45, 2.75) is 45.1 Å². The first kappa shape index (κ1) is 16.6. The number of rotatable bonds is 1. The third-order valence-electron chi connectivity index (χ3n) is 3.91. The second-order valence-corrected chi connectivity index (χ2v) is 6.35. The predicted molar refractivity (Wildman–Crippen MR) is 72.1 cm³/mol. The molecule has 0 saturated carbocycles. The molecule has 116 valence electrons. The summed E-state index contributed by atoms with van der Waals surface area (Å²) in [5, 5.41) is -0.595. The number of benzene rings is 1. The maximum absolute atomic E-state index is 13.6. The maximum Gasteiger partial charge on any atom is 0.495 e. The summed E-state index contributed by atoms with van der Waals surface area (Å²) >= 11 is 5.45. The molecule has 8 heteroatoms. The fourth-order valence-corrected chi connectivity index (χ4v) is 2.14. The summed E-state index contributed by atoms with van der Waals surface area (Å²) in [5.74, 6) is -0.950. The molecule has 0 amide bonds. The Kier molecular flexibility index (Phi) is 3.84. The first-order chi connectivity index (χ1) is 9.35. The summed E-state index contributed by atoms with van der Waals surface area (Å²) in [6.45, 7) is 6.80. The van der Waals surface area contributed by atoms with Crippen molar-refractivity contribution < 1.29 is 26.9 Å². The third-order valence-corrected chi connectivity index (χ3v) is 4.19. The molecule has 2 nitrogen and oxygen atoms in total. The van der Waals surface area contributed by atoms with Crippen LogP contribution in [-0.4, -0.2) is 18.3 Å². The highest BCUT2D eigenvalue weighted by atomic mass is 35.5. The summed E-state index contributed by atoms with van der Waals surface area (Å²) in [6, 6.07) is 1.27. The van der Waals surface area contributed by atoms with Crippen LogP contribution in [0.3, 0.4) is 0 Å². The molecule has 1 fully saturated rings. The summed E-state index contributed by atoms with van der Waals surface area (Å²) in [5.41, 5.74) is -3.12. The van der Waals surface area contributed by atoms with E-state index in [0.717, 1.165) is 0 Å². The molecule has 0 bridgehead atoms. The molecular weight excluding hydrogens is 310 g/mol. The van der Waals surface area contributed by atoms with E-state index >= 15 is 0 Å². The van der Waals surface area contributed by atoms with Crippen LogP contribution in [-0.2, 0) is 15.5 Å². The Labute approximate surface area is 125 Å². The van der Waals surface area contributed by atoms with Crippen LogP contribution in [0.15, 0.2) is 12.1 Å². The highest BCUT2D eigenvalue weighted by molar-refractivity contribution is 6.62. The molecular formula is C13H14BClF4O2. The van der Waals surface area contributed by atoms with Crippen LogP contribution in [0.1, 0.15) is 33.3 Å². The maximum atomic E-state index is 13.6. The van der Waals surface area contributed by atoms with Gasteiger partial charge in [-0.3, -0.25) is 0 Å². The highest BCUT2D eigenvalue weighted by Crippen LogP contribution is 2.38. The Hall–Kier alpha value is -0.785. The van der Waals surface area contributed by atoms with Crippen LogP contribution >= 0.6 is 11.6 Å². The Morgan fingerprint density at radius 1 is 1.05 bits per heavy atom. The van der Waals surface area contributed by atoms with E-state index in [1.165, 1.54) is 0 Å². The van der Waals surface area contributed by atoms with Gasteiger partial charge in [-0.15, -0.1) is 0 Å². The van der Waals surface area contributed by atoms with Crippen molar-refractivity contribution in [1.82, 2.24) is 0 Å². The molecule has 0 N–H and O–H groups in total. The van der Waals surface area contributed by atoms with E-state index in [4.69, 9.17) is 20.9 Å². The van der Waals surface area contributed by atoms with Crippen molar-refractivity contribution in [3.05, 3.63) is 28.5 Å². The molecule has 0 unspecified atom stereocenters. The highest BCUT2D eigenvalue weighted by Gasteiger charge is 2.53. The molecule has 1 aliphatic heterocycles. The van der Waals surface area contributed by atoms with Crippen LogP contribution in [0.4, 0.5) is 17.6 Å². The van der Waals surface area contributed by atoms with Crippen molar-refractivity contribution in [3.63, 3.8) is 0 Å². The lowest BCUT2D eigenvalue weighted by molar-refractivity contribution is -0.136. The standard InChI is InChI=1S/C13H14BClF4O2/c1-11(2)12(3,4)21-14(20-11)8-6-10(16)9(15)5-7(8)13(17,18)19/h5-6H,1-4H3. The van der Waals surface area contributed by atoms with Gasteiger partial charge in [-0.1, -0.05) is 11.6 Å². The van der Waals surface area contributed by atoms with Crippen LogP contribution < -0.4 is 5.46 Å². The van der Waals surface area contributed by atoms with Gasteiger partial charge < -0.3 is 9.31 Å². The van der Waals surface area contributed by atoms with Gasteiger partial charge in [0.15, 0.2) is 0 Å². The largest absolute Gasteiger partial charge is 0.495 e. The van der Waals surface area contributed by atoms with Gasteiger partial charge in [-0.2, -0.15) is 13.2 Å². The summed E-state index contributed by atoms with van der Waals surface area (Å²) in [7, 11) is -1.31. The van der Waals surface area contributed by atoms with Crippen molar-refractivity contribution in [3.8, 4) is 0 Å². The Morgan fingerprint density at radius 2 is 1.52 bits per heavy atom. The van der Waals surface area contributed by atoms with Gasteiger partial charge in [-0.05, 0) is 45.3 Å². The predicted octanol–water partition coefficient (Wildman–Crippen LogP) is 3.80. The summed E-state index contributed by atoms with van der Waals surface area (Å²) < 4.78 is 64.0. The second kappa shape index (κ2) is 4.86. The zero-order valence-corrected chi connectivity index (χ0v) is 12.7. The van der Waals surface area contributed by atoms with E-state index in [2.05, 4.69) is 0 Å². The first-order valence-corrected chi connectivity index (χ1v) is 6.65. The molecule has 0 aromatic heterocycles. The number of halogens is 5. The van der Waals surface area contributed by atoms with E-state index in [1.54, 1.807) is 27.7 Å². The molecule has 1 aliphatic rings. The molecule has 1 heterocycles. The molecule has 0 spiro atoms. The number of hydrogen-bond donors (Lipinski definition) is 0. The van der Waals surface area contributed by atoms with Gasteiger partial charge in [0.2, 0.25) is 0 Å². The fourth-order valence-electron chi connectivity index (χ4n) is 1.97. The van der Waals surface area contributed by atoms with Crippen LogP contribution in [0.2, 0.25) is 5.02 Å². The Morgan fingerprint density at radius 3 is 1.95 bits per heavy atom. The zero-order valence-electron chi connectivity index (χ0n) is 11.9. The monoisotopic (exact) mass is 324 g/mol. The second-order valence-electron chi connectivity index (χ2n) is 5.94. The molecule has 0 atom stereocenters. The molecule has 1 aromatic carbocycles. The molecule has 21 heavy (non-hydrogen) atoms. The molecule has 0 aliphatic carbocycles. The van der Waals surface area contributed by atoms with Gasteiger partial charge in [0, 0.05) is 0 Å². The smallest absolute Gasteiger partial charge is 0.399 e. The summed E-state index contributed by atoms with van der Waals surface area (Å²) in [6.07, 6.45) is -4.68. The SMILES string of the molecule is CC1(C)OB(c2cc(F)c(Cl)cc2C(F)(F)F)OC1(C)C. The van der Waals surface area contributed by atoms with E-state index in [9.17, 15) is 17.6 Å². The molecule has 1 saturated heterocycles. The van der Waals surface area contributed by atoms with Crippen LogP contribution in [0.25, 0.3) is 0 Å². The topological polar surface area (TPSA) is 18.5 Å². The Balaban J connectivity index is 2.53. The molecule has 0 radical (unpaired) electrons. The van der Waals surface area contributed by atoms with Crippen molar-refractivity contribution in [2.24, 2.45) is 0 Å². The van der Waals surface area contributed by atoms with E-state index in [1.807, 2.05) is 0 Å².